The SMILES string of the molecule is Cc1ccc([N+](=O)[O-])c(NC(=O)COC(=O)c2ccc(F)cc2Cl)c1C. The smallest absolute Gasteiger partial charge is 0.340 e. The van der Waals surface area contributed by atoms with Gasteiger partial charge >= 0.3 is 5.97 Å². The fourth-order valence-electron chi connectivity index (χ4n) is 2.15. The minimum atomic E-state index is -0.916. The van der Waals surface area contributed by atoms with Crippen LogP contribution in [0.4, 0.5) is 15.8 Å². The van der Waals surface area contributed by atoms with E-state index in [2.05, 4.69) is 5.32 Å². The predicted molar refractivity (Wildman–Crippen MR) is 92.9 cm³/mol. The van der Waals surface area contributed by atoms with Crippen LogP contribution in [0, 0.1) is 29.8 Å². The van der Waals surface area contributed by atoms with E-state index >= 15 is 0 Å². The van der Waals surface area contributed by atoms with E-state index in [1.807, 2.05) is 0 Å². The van der Waals surface area contributed by atoms with E-state index in [0.29, 0.717) is 5.56 Å². The Hall–Kier alpha value is -3.00. The van der Waals surface area contributed by atoms with E-state index in [0.717, 1.165) is 23.8 Å². The Balaban J connectivity index is 2.09. The molecule has 0 atom stereocenters. The molecule has 2 rings (SSSR count). The van der Waals surface area contributed by atoms with Crippen molar-refractivity contribution < 1.29 is 23.6 Å². The average Bonchev–Trinajstić information content (AvgIpc) is 2.56. The van der Waals surface area contributed by atoms with Crippen molar-refractivity contribution in [1.29, 1.82) is 0 Å². The Morgan fingerprint density at radius 3 is 2.58 bits per heavy atom. The topological polar surface area (TPSA) is 98.5 Å². The first-order chi connectivity index (χ1) is 12.2. The lowest BCUT2D eigenvalue weighted by Gasteiger charge is -2.11. The molecular weight excluding hydrogens is 367 g/mol. The summed E-state index contributed by atoms with van der Waals surface area (Å²) >= 11 is 5.75. The van der Waals surface area contributed by atoms with Crippen LogP contribution in [0.25, 0.3) is 0 Å². The molecule has 0 heterocycles. The first kappa shape index (κ1) is 19.3. The zero-order chi connectivity index (χ0) is 19.4. The molecule has 7 nitrogen and oxygen atoms in total. The van der Waals surface area contributed by atoms with Gasteiger partial charge in [-0.2, -0.15) is 0 Å². The van der Waals surface area contributed by atoms with Gasteiger partial charge in [0.1, 0.15) is 11.5 Å². The van der Waals surface area contributed by atoms with Crippen LogP contribution in [-0.2, 0) is 9.53 Å². The van der Waals surface area contributed by atoms with Gasteiger partial charge in [-0.25, -0.2) is 9.18 Å². The molecule has 0 bridgehead atoms. The molecular formula is C17H14ClFN2O5. The van der Waals surface area contributed by atoms with Crippen molar-refractivity contribution in [3.05, 3.63) is 68.0 Å². The quantitative estimate of drug-likeness (QED) is 0.483. The molecule has 0 radical (unpaired) electrons. The Kier molecular flexibility index (Phi) is 5.89. The molecule has 0 aliphatic carbocycles. The van der Waals surface area contributed by atoms with Crippen LogP contribution < -0.4 is 5.32 Å². The fraction of sp³-hybridized carbons (Fsp3) is 0.176. The molecule has 0 aliphatic rings. The van der Waals surface area contributed by atoms with Gasteiger partial charge in [-0.15, -0.1) is 0 Å². The molecule has 9 heteroatoms. The Labute approximate surface area is 152 Å². The van der Waals surface area contributed by atoms with Gasteiger partial charge in [0.25, 0.3) is 11.6 Å². The van der Waals surface area contributed by atoms with Gasteiger partial charge in [-0.1, -0.05) is 17.7 Å². The van der Waals surface area contributed by atoms with Crippen molar-refractivity contribution in [3.63, 3.8) is 0 Å². The van der Waals surface area contributed by atoms with E-state index < -0.39 is 29.2 Å². The summed E-state index contributed by atoms with van der Waals surface area (Å²) in [6.45, 7) is 2.69. The van der Waals surface area contributed by atoms with Crippen LogP contribution in [0.15, 0.2) is 30.3 Å². The summed E-state index contributed by atoms with van der Waals surface area (Å²) in [4.78, 5) is 34.4. The van der Waals surface area contributed by atoms with Gasteiger partial charge in [0, 0.05) is 6.07 Å². The number of hydrogen-bond acceptors (Lipinski definition) is 5. The number of nitrogens with one attached hydrogen (secondary N) is 1. The van der Waals surface area contributed by atoms with Crippen molar-refractivity contribution in [2.24, 2.45) is 0 Å². The summed E-state index contributed by atoms with van der Waals surface area (Å²) in [5.41, 5.74) is 0.949. The lowest BCUT2D eigenvalue weighted by molar-refractivity contribution is -0.384. The summed E-state index contributed by atoms with van der Waals surface area (Å²) in [6, 6.07) is 5.95. The summed E-state index contributed by atoms with van der Waals surface area (Å²) in [6.07, 6.45) is 0. The molecule has 26 heavy (non-hydrogen) atoms. The molecule has 0 fully saturated rings. The zero-order valence-corrected chi connectivity index (χ0v) is 14.6. The molecule has 0 unspecified atom stereocenters. The van der Waals surface area contributed by atoms with Crippen molar-refractivity contribution in [1.82, 2.24) is 0 Å². The van der Waals surface area contributed by atoms with Crippen molar-refractivity contribution in [3.8, 4) is 0 Å². The third kappa shape index (κ3) is 4.34. The van der Waals surface area contributed by atoms with Gasteiger partial charge in [-0.05, 0) is 43.2 Å². The van der Waals surface area contributed by atoms with Crippen LogP contribution in [0.2, 0.25) is 5.02 Å². The third-order valence-corrected chi connectivity index (χ3v) is 3.97. The highest BCUT2D eigenvalue weighted by Gasteiger charge is 2.20. The number of benzene rings is 2. The highest BCUT2D eigenvalue weighted by molar-refractivity contribution is 6.33. The predicted octanol–water partition coefficient (Wildman–Crippen LogP) is 3.80. The number of nitrogens with zero attached hydrogens (tertiary/aromatic N) is 1. The first-order valence-corrected chi connectivity index (χ1v) is 7.75. The number of hydrogen-bond donors (Lipinski definition) is 1. The van der Waals surface area contributed by atoms with Gasteiger partial charge in [0.05, 0.1) is 15.5 Å². The average molecular weight is 381 g/mol. The van der Waals surface area contributed by atoms with Gasteiger partial charge in [0.2, 0.25) is 0 Å². The van der Waals surface area contributed by atoms with E-state index in [1.165, 1.54) is 6.07 Å². The normalized spacial score (nSPS) is 10.3. The van der Waals surface area contributed by atoms with Crippen molar-refractivity contribution in [2.75, 3.05) is 11.9 Å². The number of nitro groups is 1. The van der Waals surface area contributed by atoms with E-state index in [1.54, 1.807) is 19.9 Å². The number of anilines is 1. The molecule has 0 aliphatic heterocycles. The number of rotatable bonds is 5. The van der Waals surface area contributed by atoms with Gasteiger partial charge in [-0.3, -0.25) is 14.9 Å². The Bertz CT molecular complexity index is 901. The minimum absolute atomic E-state index is 0.0378. The highest BCUT2D eigenvalue weighted by Crippen LogP contribution is 2.30. The van der Waals surface area contributed by atoms with E-state index in [4.69, 9.17) is 16.3 Å². The van der Waals surface area contributed by atoms with E-state index in [-0.39, 0.29) is 22.0 Å². The maximum Gasteiger partial charge on any atom is 0.340 e. The van der Waals surface area contributed by atoms with Crippen LogP contribution >= 0.6 is 11.6 Å². The number of amides is 1. The number of carbonyl (C=O) groups excluding carboxylic acids is 2. The highest BCUT2D eigenvalue weighted by atomic mass is 35.5. The number of nitro benzene ring substituents is 1. The molecule has 136 valence electrons. The lowest BCUT2D eigenvalue weighted by atomic mass is 10.1. The molecule has 1 amide bonds. The summed E-state index contributed by atoms with van der Waals surface area (Å²) in [5, 5.41) is 13.3. The summed E-state index contributed by atoms with van der Waals surface area (Å²) < 4.78 is 17.8. The Morgan fingerprint density at radius 2 is 1.96 bits per heavy atom. The van der Waals surface area contributed by atoms with Gasteiger partial charge < -0.3 is 10.1 Å². The maximum absolute atomic E-state index is 13.0. The number of aryl methyl sites for hydroxylation is 1. The second kappa shape index (κ2) is 7.92. The monoisotopic (exact) mass is 380 g/mol. The summed E-state index contributed by atoms with van der Waals surface area (Å²) in [7, 11) is 0. The van der Waals surface area contributed by atoms with Crippen LogP contribution in [-0.4, -0.2) is 23.4 Å². The summed E-state index contributed by atoms with van der Waals surface area (Å²) in [5.74, 6) is -2.29. The lowest BCUT2D eigenvalue weighted by Crippen LogP contribution is -2.22. The molecule has 1 N–H and O–H groups in total. The fourth-order valence-corrected chi connectivity index (χ4v) is 2.40. The van der Waals surface area contributed by atoms with E-state index in [9.17, 15) is 24.1 Å². The number of esters is 1. The largest absolute Gasteiger partial charge is 0.452 e. The van der Waals surface area contributed by atoms with Crippen molar-refractivity contribution >= 4 is 34.9 Å². The van der Waals surface area contributed by atoms with Crippen LogP contribution in [0.1, 0.15) is 21.5 Å². The van der Waals surface area contributed by atoms with Gasteiger partial charge in [0.15, 0.2) is 6.61 Å². The van der Waals surface area contributed by atoms with Crippen LogP contribution in [0.3, 0.4) is 0 Å². The van der Waals surface area contributed by atoms with Crippen molar-refractivity contribution in [2.45, 2.75) is 13.8 Å². The molecule has 2 aromatic rings. The number of ether oxygens (including phenoxy) is 1. The Morgan fingerprint density at radius 1 is 1.27 bits per heavy atom. The maximum atomic E-state index is 13.0. The second-order valence-electron chi connectivity index (χ2n) is 5.41. The molecule has 0 spiro atoms. The standard InChI is InChI=1S/C17H14ClFN2O5/c1-9-3-6-14(21(24)25)16(10(9)2)20-15(22)8-26-17(23)12-5-4-11(19)7-13(12)18/h3-7H,8H2,1-2H3,(H,20,22). The van der Waals surface area contributed by atoms with Crippen LogP contribution in [0.5, 0.6) is 0 Å². The second-order valence-corrected chi connectivity index (χ2v) is 5.81. The zero-order valence-electron chi connectivity index (χ0n) is 13.8. The third-order valence-electron chi connectivity index (χ3n) is 3.66. The minimum Gasteiger partial charge on any atom is -0.452 e. The number of carbonyl (C=O) groups is 2. The number of halogens is 2. The molecule has 0 saturated heterocycles. The first-order valence-electron chi connectivity index (χ1n) is 7.37. The molecule has 0 saturated carbocycles. The molecule has 0 aromatic heterocycles. The molecule has 2 aromatic carbocycles.